The van der Waals surface area contributed by atoms with Crippen LogP contribution in [-0.4, -0.2) is 53.3 Å². The Labute approximate surface area is 183 Å². The van der Waals surface area contributed by atoms with Crippen LogP contribution in [0.4, 0.5) is 10.5 Å². The SMILES string of the molecule is O=C1CN(C2CCN(C(=O)C34CC5CC(CC(C5)C3)C4)CC2)C(=O)N1c1ccccc1. The Morgan fingerprint density at radius 2 is 1.45 bits per heavy atom. The van der Waals surface area contributed by atoms with Crippen molar-refractivity contribution in [3.05, 3.63) is 30.3 Å². The molecule has 1 aromatic rings. The van der Waals surface area contributed by atoms with Crippen LogP contribution in [0.2, 0.25) is 0 Å². The average Bonchev–Trinajstić information content (AvgIpc) is 3.07. The summed E-state index contributed by atoms with van der Waals surface area (Å²) in [6.45, 7) is 1.55. The molecule has 0 radical (unpaired) electrons. The monoisotopic (exact) mass is 421 g/mol. The van der Waals surface area contributed by atoms with E-state index in [1.54, 1.807) is 17.0 Å². The second-order valence-electron chi connectivity index (χ2n) is 10.7. The number of amides is 4. The number of urea groups is 1. The minimum absolute atomic E-state index is 0.0329. The lowest BCUT2D eigenvalue weighted by Crippen LogP contribution is -2.57. The molecule has 4 bridgehead atoms. The molecular weight excluding hydrogens is 390 g/mol. The van der Waals surface area contributed by atoms with Crippen molar-refractivity contribution in [2.75, 3.05) is 24.5 Å². The molecule has 0 aromatic heterocycles. The van der Waals surface area contributed by atoms with E-state index in [0.29, 0.717) is 24.7 Å². The van der Waals surface area contributed by atoms with Crippen molar-refractivity contribution in [2.24, 2.45) is 23.2 Å². The molecule has 6 aliphatic rings. The van der Waals surface area contributed by atoms with Gasteiger partial charge in [0.15, 0.2) is 0 Å². The first kappa shape index (κ1) is 19.3. The van der Waals surface area contributed by atoms with Crippen LogP contribution in [0.25, 0.3) is 0 Å². The van der Waals surface area contributed by atoms with Crippen LogP contribution in [0.1, 0.15) is 51.4 Å². The number of carbonyl (C=O) groups excluding carboxylic acids is 3. The normalized spacial score (nSPS) is 35.4. The summed E-state index contributed by atoms with van der Waals surface area (Å²) in [5.41, 5.74) is 0.542. The maximum atomic E-state index is 13.6. The van der Waals surface area contributed by atoms with Gasteiger partial charge < -0.3 is 9.80 Å². The van der Waals surface area contributed by atoms with E-state index in [4.69, 9.17) is 0 Å². The fourth-order valence-corrected chi connectivity index (χ4v) is 7.72. The van der Waals surface area contributed by atoms with Gasteiger partial charge in [0.05, 0.1) is 11.1 Å². The van der Waals surface area contributed by atoms with Crippen molar-refractivity contribution < 1.29 is 14.4 Å². The fourth-order valence-electron chi connectivity index (χ4n) is 7.72. The second kappa shape index (κ2) is 7.07. The lowest BCUT2D eigenvalue weighted by atomic mass is 9.49. The molecule has 0 spiro atoms. The lowest BCUT2D eigenvalue weighted by Gasteiger charge is -2.57. The van der Waals surface area contributed by atoms with Crippen molar-refractivity contribution in [3.63, 3.8) is 0 Å². The summed E-state index contributed by atoms with van der Waals surface area (Å²) in [4.78, 5) is 44.3. The largest absolute Gasteiger partial charge is 0.342 e. The first-order valence-corrected chi connectivity index (χ1v) is 12.0. The maximum absolute atomic E-state index is 13.6. The quantitative estimate of drug-likeness (QED) is 0.700. The zero-order valence-electron chi connectivity index (χ0n) is 18.0. The van der Waals surface area contributed by atoms with Crippen LogP contribution in [0.5, 0.6) is 0 Å². The topological polar surface area (TPSA) is 60.9 Å². The molecule has 2 aliphatic heterocycles. The number of anilines is 1. The highest BCUT2D eigenvalue weighted by Gasteiger charge is 2.56. The molecular formula is C25H31N3O3. The molecule has 4 aliphatic carbocycles. The molecule has 31 heavy (non-hydrogen) atoms. The van der Waals surface area contributed by atoms with Gasteiger partial charge in [0.1, 0.15) is 6.54 Å². The van der Waals surface area contributed by atoms with Gasteiger partial charge in [-0.25, -0.2) is 9.69 Å². The van der Waals surface area contributed by atoms with E-state index in [2.05, 4.69) is 4.90 Å². The van der Waals surface area contributed by atoms with Crippen LogP contribution < -0.4 is 4.90 Å². The Hall–Kier alpha value is -2.37. The molecule has 1 aromatic carbocycles. The third-order valence-electron chi connectivity index (χ3n) is 8.69. The molecule has 4 saturated carbocycles. The third-order valence-corrected chi connectivity index (χ3v) is 8.69. The minimum atomic E-state index is -0.220. The number of benzene rings is 1. The number of nitrogens with zero attached hydrogens (tertiary/aromatic N) is 3. The second-order valence-corrected chi connectivity index (χ2v) is 10.7. The van der Waals surface area contributed by atoms with E-state index in [1.165, 1.54) is 24.2 Å². The summed E-state index contributed by atoms with van der Waals surface area (Å²) in [6, 6.07) is 8.97. The van der Waals surface area contributed by atoms with Crippen LogP contribution in [0.15, 0.2) is 30.3 Å². The predicted octanol–water partition coefficient (Wildman–Crippen LogP) is 3.66. The highest BCUT2D eigenvalue weighted by Crippen LogP contribution is 2.60. The van der Waals surface area contributed by atoms with Crippen molar-refractivity contribution in [2.45, 2.75) is 57.4 Å². The van der Waals surface area contributed by atoms with Gasteiger partial charge in [-0.3, -0.25) is 9.59 Å². The summed E-state index contributed by atoms with van der Waals surface area (Å²) >= 11 is 0. The molecule has 2 heterocycles. The molecule has 0 N–H and O–H groups in total. The lowest BCUT2D eigenvalue weighted by molar-refractivity contribution is -0.159. The van der Waals surface area contributed by atoms with Gasteiger partial charge in [-0.15, -0.1) is 0 Å². The van der Waals surface area contributed by atoms with Crippen LogP contribution >= 0.6 is 0 Å². The number of likely N-dealkylation sites (tertiary alicyclic amines) is 1. The Morgan fingerprint density at radius 1 is 0.871 bits per heavy atom. The fraction of sp³-hybridized carbons (Fsp3) is 0.640. The van der Waals surface area contributed by atoms with Gasteiger partial charge in [-0.2, -0.15) is 0 Å². The third kappa shape index (κ3) is 3.09. The Balaban J connectivity index is 1.11. The van der Waals surface area contributed by atoms with Gasteiger partial charge in [-0.05, 0) is 81.3 Å². The minimum Gasteiger partial charge on any atom is -0.342 e. The maximum Gasteiger partial charge on any atom is 0.332 e. The first-order chi connectivity index (χ1) is 15.0. The zero-order valence-corrected chi connectivity index (χ0v) is 18.0. The number of piperidine rings is 1. The number of imide groups is 1. The van der Waals surface area contributed by atoms with Gasteiger partial charge in [0.2, 0.25) is 5.91 Å². The summed E-state index contributed by atoms with van der Waals surface area (Å²) in [5.74, 6) is 2.53. The summed E-state index contributed by atoms with van der Waals surface area (Å²) in [6.07, 6.45) is 8.86. The van der Waals surface area contributed by atoms with Crippen molar-refractivity contribution in [1.29, 1.82) is 0 Å². The van der Waals surface area contributed by atoms with E-state index in [0.717, 1.165) is 49.9 Å². The molecule has 7 rings (SSSR count). The molecule has 2 saturated heterocycles. The van der Waals surface area contributed by atoms with Crippen LogP contribution in [0.3, 0.4) is 0 Å². The van der Waals surface area contributed by atoms with E-state index in [1.807, 2.05) is 18.2 Å². The Kier molecular flexibility index (Phi) is 4.41. The summed E-state index contributed by atoms with van der Waals surface area (Å²) in [7, 11) is 0. The predicted molar refractivity (Wildman–Crippen MR) is 116 cm³/mol. The van der Waals surface area contributed by atoms with E-state index in [-0.39, 0.29) is 29.9 Å². The van der Waals surface area contributed by atoms with Gasteiger partial charge in [-0.1, -0.05) is 18.2 Å². The van der Waals surface area contributed by atoms with Crippen molar-refractivity contribution in [3.8, 4) is 0 Å². The van der Waals surface area contributed by atoms with Gasteiger partial charge in [0, 0.05) is 19.1 Å². The highest BCUT2D eigenvalue weighted by molar-refractivity contribution is 6.19. The zero-order chi connectivity index (χ0) is 21.2. The van der Waals surface area contributed by atoms with Gasteiger partial charge >= 0.3 is 6.03 Å². The Bertz CT molecular complexity index is 871. The molecule has 6 heteroatoms. The van der Waals surface area contributed by atoms with Gasteiger partial charge in [0.25, 0.3) is 5.91 Å². The number of rotatable bonds is 3. The van der Waals surface area contributed by atoms with E-state index in [9.17, 15) is 14.4 Å². The molecule has 4 amide bonds. The number of carbonyl (C=O) groups is 3. The van der Waals surface area contributed by atoms with Crippen molar-refractivity contribution in [1.82, 2.24) is 9.80 Å². The number of hydrogen-bond donors (Lipinski definition) is 0. The molecule has 6 nitrogen and oxygen atoms in total. The average molecular weight is 422 g/mol. The van der Waals surface area contributed by atoms with Crippen LogP contribution in [-0.2, 0) is 9.59 Å². The summed E-state index contributed by atoms with van der Waals surface area (Å²) in [5, 5.41) is 0. The van der Waals surface area contributed by atoms with Crippen molar-refractivity contribution >= 4 is 23.5 Å². The standard InChI is InChI=1S/C25H31N3O3/c29-22-16-27(24(31)28(22)21-4-2-1-3-5-21)20-6-8-26(9-7-20)23(30)25-13-17-10-18(14-25)12-19(11-17)15-25/h1-5,17-20H,6-16H2. The molecule has 0 atom stereocenters. The molecule has 0 unspecified atom stereocenters. The first-order valence-electron chi connectivity index (χ1n) is 12.0. The molecule has 164 valence electrons. The number of para-hydroxylation sites is 1. The van der Waals surface area contributed by atoms with Crippen LogP contribution in [0, 0.1) is 23.2 Å². The molecule has 6 fully saturated rings. The number of hydrogen-bond acceptors (Lipinski definition) is 3. The highest BCUT2D eigenvalue weighted by atomic mass is 16.2. The van der Waals surface area contributed by atoms with E-state index >= 15 is 0 Å². The summed E-state index contributed by atoms with van der Waals surface area (Å²) < 4.78 is 0. The van der Waals surface area contributed by atoms with E-state index < -0.39 is 0 Å². The smallest absolute Gasteiger partial charge is 0.332 e. The Morgan fingerprint density at radius 3 is 2.03 bits per heavy atom.